The maximum Gasteiger partial charge on any atom is 0.323 e. The molecule has 1 aromatic carbocycles. The molecule has 2 aromatic rings. The molecule has 1 aliphatic rings. The van der Waals surface area contributed by atoms with Gasteiger partial charge in [-0.2, -0.15) is 0 Å². The average molecular weight is 334 g/mol. The minimum Gasteiger partial charge on any atom is -0.480 e. The lowest BCUT2D eigenvalue weighted by molar-refractivity contribution is -0.137. The third kappa shape index (κ3) is 3.44. The molecule has 7 heteroatoms. The highest BCUT2D eigenvalue weighted by Crippen LogP contribution is 2.24. The molecular weight excluding hydrogens is 319 g/mol. The first kappa shape index (κ1) is 15.7. The maximum absolute atomic E-state index is 12.9. The molecule has 1 aliphatic carbocycles. The Morgan fingerprint density at radius 2 is 2.04 bits per heavy atom. The van der Waals surface area contributed by atoms with E-state index in [9.17, 15) is 14.0 Å². The third-order valence-corrected chi connectivity index (χ3v) is 4.78. The van der Waals surface area contributed by atoms with Gasteiger partial charge in [-0.15, -0.1) is 0 Å². The van der Waals surface area contributed by atoms with Crippen molar-refractivity contribution in [2.75, 3.05) is 0 Å². The Hall–Kier alpha value is -2.15. The van der Waals surface area contributed by atoms with Crippen LogP contribution in [0.4, 0.5) is 4.39 Å². The first-order valence-electron chi connectivity index (χ1n) is 7.26. The van der Waals surface area contributed by atoms with Crippen LogP contribution in [-0.2, 0) is 29.9 Å². The Labute approximate surface area is 136 Å². The van der Waals surface area contributed by atoms with Crippen LogP contribution in [0.25, 0.3) is 0 Å². The minimum absolute atomic E-state index is 0.253. The predicted octanol–water partition coefficient (Wildman–Crippen LogP) is 2.25. The molecular formula is C16H15FN2O3S. The summed E-state index contributed by atoms with van der Waals surface area (Å²) in [7, 11) is 0. The molecule has 120 valence electrons. The number of aromatic nitrogens is 2. The summed E-state index contributed by atoms with van der Waals surface area (Å²) < 4.78 is 14.2. The smallest absolute Gasteiger partial charge is 0.323 e. The largest absolute Gasteiger partial charge is 0.480 e. The number of fused-ring (bicyclic) bond motifs is 1. The van der Waals surface area contributed by atoms with E-state index >= 15 is 0 Å². The van der Waals surface area contributed by atoms with E-state index in [1.54, 1.807) is 12.1 Å². The van der Waals surface area contributed by atoms with Crippen LogP contribution in [0, 0.1) is 5.82 Å². The van der Waals surface area contributed by atoms with Crippen molar-refractivity contribution in [2.24, 2.45) is 0 Å². The van der Waals surface area contributed by atoms with E-state index in [4.69, 9.17) is 5.11 Å². The number of carboxylic acids is 1. The molecule has 0 bridgehead atoms. The minimum atomic E-state index is -1.07. The van der Waals surface area contributed by atoms with Crippen molar-refractivity contribution in [3.8, 4) is 0 Å². The van der Waals surface area contributed by atoms with Crippen LogP contribution in [0.2, 0.25) is 0 Å². The van der Waals surface area contributed by atoms with Crippen molar-refractivity contribution in [3.63, 3.8) is 0 Å². The fraction of sp³-hybridized carbons (Fsp3) is 0.312. The number of rotatable bonds is 5. The molecule has 0 aliphatic heterocycles. The lowest BCUT2D eigenvalue weighted by atomic mass is 10.2. The Morgan fingerprint density at radius 1 is 1.30 bits per heavy atom. The summed E-state index contributed by atoms with van der Waals surface area (Å²) in [5, 5.41) is 9.45. The zero-order chi connectivity index (χ0) is 16.4. The number of carboxylic acid groups (broad SMARTS) is 1. The molecule has 3 rings (SSSR count). The number of benzene rings is 1. The summed E-state index contributed by atoms with van der Waals surface area (Å²) in [5.74, 6) is -0.891. The molecule has 5 nitrogen and oxygen atoms in total. The highest BCUT2D eigenvalue weighted by Gasteiger charge is 2.21. The van der Waals surface area contributed by atoms with Gasteiger partial charge in [-0.25, -0.2) is 9.37 Å². The SMILES string of the molecule is O=C(O)Cn1c(SCc2ccc(F)cc2)nc2c(c1=O)CCC2. The molecule has 0 amide bonds. The van der Waals surface area contributed by atoms with Crippen LogP contribution < -0.4 is 5.56 Å². The second-order valence-corrected chi connectivity index (χ2v) is 6.32. The summed E-state index contributed by atoms with van der Waals surface area (Å²) in [4.78, 5) is 28.0. The van der Waals surface area contributed by atoms with E-state index < -0.39 is 12.5 Å². The van der Waals surface area contributed by atoms with Gasteiger partial charge in [0.1, 0.15) is 12.4 Å². The van der Waals surface area contributed by atoms with Gasteiger partial charge in [0, 0.05) is 11.3 Å². The highest BCUT2D eigenvalue weighted by atomic mass is 32.2. The van der Waals surface area contributed by atoms with Crippen molar-refractivity contribution in [3.05, 3.63) is 57.3 Å². The van der Waals surface area contributed by atoms with Gasteiger partial charge >= 0.3 is 5.97 Å². The van der Waals surface area contributed by atoms with E-state index in [1.807, 2.05) is 0 Å². The second kappa shape index (κ2) is 6.54. The quantitative estimate of drug-likeness (QED) is 0.671. The Balaban J connectivity index is 1.90. The summed E-state index contributed by atoms with van der Waals surface area (Å²) in [6.45, 7) is -0.398. The molecule has 1 N–H and O–H groups in total. The monoisotopic (exact) mass is 334 g/mol. The van der Waals surface area contributed by atoms with Gasteiger partial charge in [-0.05, 0) is 37.0 Å². The molecule has 1 aromatic heterocycles. The highest BCUT2D eigenvalue weighted by molar-refractivity contribution is 7.98. The molecule has 0 saturated heterocycles. The van der Waals surface area contributed by atoms with Crippen LogP contribution in [0.3, 0.4) is 0 Å². The molecule has 0 atom stereocenters. The van der Waals surface area contributed by atoms with E-state index in [0.717, 1.165) is 24.1 Å². The molecule has 0 unspecified atom stereocenters. The first-order chi connectivity index (χ1) is 11.0. The molecule has 23 heavy (non-hydrogen) atoms. The van der Waals surface area contributed by atoms with Crippen molar-refractivity contribution >= 4 is 17.7 Å². The number of hydrogen-bond donors (Lipinski definition) is 1. The zero-order valence-corrected chi connectivity index (χ0v) is 13.1. The van der Waals surface area contributed by atoms with Crippen LogP contribution in [0.15, 0.2) is 34.2 Å². The number of hydrogen-bond acceptors (Lipinski definition) is 4. The van der Waals surface area contributed by atoms with Crippen molar-refractivity contribution < 1.29 is 14.3 Å². The standard InChI is InChI=1S/C16H15FN2O3S/c17-11-6-4-10(5-7-11)9-23-16-18-13-3-1-2-12(13)15(22)19(16)8-14(20)21/h4-7H,1-3,8-9H2,(H,20,21). The topological polar surface area (TPSA) is 72.2 Å². The predicted molar refractivity (Wildman–Crippen MR) is 84.1 cm³/mol. The van der Waals surface area contributed by atoms with Crippen LogP contribution in [0.1, 0.15) is 23.2 Å². The molecule has 0 radical (unpaired) electrons. The summed E-state index contributed by atoms with van der Waals surface area (Å²) in [5.41, 5.74) is 2.04. The van der Waals surface area contributed by atoms with Crippen molar-refractivity contribution in [2.45, 2.75) is 36.7 Å². The van der Waals surface area contributed by atoms with Gasteiger partial charge < -0.3 is 5.11 Å². The van der Waals surface area contributed by atoms with E-state index in [-0.39, 0.29) is 11.4 Å². The van der Waals surface area contributed by atoms with E-state index in [1.165, 1.54) is 28.5 Å². The van der Waals surface area contributed by atoms with Crippen LogP contribution in [-0.4, -0.2) is 20.6 Å². The second-order valence-electron chi connectivity index (χ2n) is 5.37. The van der Waals surface area contributed by atoms with Gasteiger partial charge in [-0.3, -0.25) is 14.2 Å². The van der Waals surface area contributed by atoms with Gasteiger partial charge in [0.15, 0.2) is 5.16 Å². The van der Waals surface area contributed by atoms with Crippen molar-refractivity contribution in [1.82, 2.24) is 9.55 Å². The molecule has 0 spiro atoms. The fourth-order valence-electron chi connectivity index (χ4n) is 2.62. The summed E-state index contributed by atoms with van der Waals surface area (Å²) in [6, 6.07) is 6.07. The molecule has 1 heterocycles. The number of carbonyl (C=O) groups is 1. The number of nitrogens with zero attached hydrogens (tertiary/aromatic N) is 2. The summed E-state index contributed by atoms with van der Waals surface area (Å²) >= 11 is 1.29. The van der Waals surface area contributed by atoms with E-state index in [2.05, 4.69) is 4.98 Å². The Kier molecular flexibility index (Phi) is 4.47. The Bertz CT molecular complexity index is 802. The van der Waals surface area contributed by atoms with Crippen LogP contribution >= 0.6 is 11.8 Å². The van der Waals surface area contributed by atoms with Gasteiger partial charge in [-0.1, -0.05) is 23.9 Å². The summed E-state index contributed by atoms with van der Waals surface area (Å²) in [6.07, 6.45) is 2.28. The van der Waals surface area contributed by atoms with Gasteiger partial charge in [0.25, 0.3) is 5.56 Å². The number of halogens is 1. The zero-order valence-electron chi connectivity index (χ0n) is 12.3. The van der Waals surface area contributed by atoms with Crippen molar-refractivity contribution in [1.29, 1.82) is 0 Å². The number of aryl methyl sites for hydroxylation is 1. The number of thioether (sulfide) groups is 1. The average Bonchev–Trinajstić information content (AvgIpc) is 2.98. The van der Waals surface area contributed by atoms with Crippen LogP contribution in [0.5, 0.6) is 0 Å². The molecule has 0 fully saturated rings. The number of aliphatic carboxylic acids is 1. The first-order valence-corrected chi connectivity index (χ1v) is 8.25. The molecule has 0 saturated carbocycles. The third-order valence-electron chi connectivity index (χ3n) is 3.73. The normalized spacial score (nSPS) is 13.1. The maximum atomic E-state index is 12.9. The van der Waals surface area contributed by atoms with Gasteiger partial charge in [0.2, 0.25) is 0 Å². The Morgan fingerprint density at radius 3 is 2.74 bits per heavy atom. The lowest BCUT2D eigenvalue weighted by Crippen LogP contribution is -2.29. The lowest BCUT2D eigenvalue weighted by Gasteiger charge is -2.12. The fourth-order valence-corrected chi connectivity index (χ4v) is 3.59. The van der Waals surface area contributed by atoms with Gasteiger partial charge in [0.05, 0.1) is 5.69 Å². The van der Waals surface area contributed by atoms with E-state index in [0.29, 0.717) is 22.9 Å².